The molecule has 0 aliphatic carbocycles. The summed E-state index contributed by atoms with van der Waals surface area (Å²) >= 11 is 0. The van der Waals surface area contributed by atoms with Crippen LogP contribution in [0.3, 0.4) is 0 Å². The average Bonchev–Trinajstić information content (AvgIpc) is 2.47. The molecule has 0 radical (unpaired) electrons. The van der Waals surface area contributed by atoms with Crippen LogP contribution in [0.1, 0.15) is 23.3 Å². The smallest absolute Gasteiger partial charge is 0.113 e. The third kappa shape index (κ3) is 2.90. The first-order valence-corrected chi connectivity index (χ1v) is 6.86. The Morgan fingerprint density at radius 2 is 1.45 bits per heavy atom. The number of hydrogen-bond donors (Lipinski definition) is 1. The van der Waals surface area contributed by atoms with Crippen molar-refractivity contribution in [2.75, 3.05) is 13.2 Å². The summed E-state index contributed by atoms with van der Waals surface area (Å²) in [5.74, 6) is 0. The van der Waals surface area contributed by atoms with Gasteiger partial charge in [-0.15, -0.1) is 0 Å². The number of aliphatic hydroxyl groups is 1. The molecule has 1 aliphatic heterocycles. The third-order valence-electron chi connectivity index (χ3n) is 3.50. The van der Waals surface area contributed by atoms with Gasteiger partial charge in [0.15, 0.2) is 0 Å². The number of benzene rings is 2. The van der Waals surface area contributed by atoms with Crippen molar-refractivity contribution in [3.8, 4) is 0 Å². The quantitative estimate of drug-likeness (QED) is 0.908. The molecule has 1 heterocycles. The van der Waals surface area contributed by atoms with Crippen molar-refractivity contribution in [2.24, 2.45) is 0 Å². The summed E-state index contributed by atoms with van der Waals surface area (Å²) in [6.07, 6.45) is -0.981. The molecule has 1 N–H and O–H groups in total. The molecule has 0 bridgehead atoms. The van der Waals surface area contributed by atoms with Gasteiger partial charge in [-0.25, -0.2) is 0 Å². The van der Waals surface area contributed by atoms with Gasteiger partial charge in [-0.2, -0.15) is 0 Å². The maximum atomic E-state index is 10.6. The fourth-order valence-electron chi connectivity index (χ4n) is 2.30. The maximum Gasteiger partial charge on any atom is 0.113 e. The van der Waals surface area contributed by atoms with Crippen LogP contribution in [0.25, 0.3) is 0 Å². The summed E-state index contributed by atoms with van der Waals surface area (Å²) in [4.78, 5) is 0. The van der Waals surface area contributed by atoms with Gasteiger partial charge in [-0.3, -0.25) is 0 Å². The van der Waals surface area contributed by atoms with Crippen LogP contribution in [0.4, 0.5) is 0 Å². The molecule has 2 unspecified atom stereocenters. The van der Waals surface area contributed by atoms with E-state index in [-0.39, 0.29) is 12.2 Å². The Morgan fingerprint density at radius 1 is 0.900 bits per heavy atom. The van der Waals surface area contributed by atoms with Crippen molar-refractivity contribution in [3.05, 3.63) is 71.8 Å². The van der Waals surface area contributed by atoms with Crippen molar-refractivity contribution in [1.29, 1.82) is 0 Å². The highest BCUT2D eigenvalue weighted by Crippen LogP contribution is 2.33. The van der Waals surface area contributed by atoms with E-state index in [2.05, 4.69) is 0 Å². The fraction of sp³-hybridized carbons (Fsp3) is 0.294. The molecule has 3 rings (SSSR count). The molecule has 1 fully saturated rings. The highest BCUT2D eigenvalue weighted by atomic mass is 16.6. The Hall–Kier alpha value is -1.68. The zero-order valence-corrected chi connectivity index (χ0v) is 11.2. The summed E-state index contributed by atoms with van der Waals surface area (Å²) < 4.78 is 11.2. The predicted molar refractivity (Wildman–Crippen MR) is 76.3 cm³/mol. The predicted octanol–water partition coefficient (Wildman–Crippen LogP) is 2.88. The van der Waals surface area contributed by atoms with Gasteiger partial charge in [0.25, 0.3) is 0 Å². The van der Waals surface area contributed by atoms with Crippen LogP contribution in [0, 0.1) is 0 Å². The molecule has 2 aromatic carbocycles. The van der Waals surface area contributed by atoms with E-state index in [1.165, 1.54) is 0 Å². The zero-order chi connectivity index (χ0) is 13.8. The van der Waals surface area contributed by atoms with Crippen molar-refractivity contribution in [3.63, 3.8) is 0 Å². The van der Waals surface area contributed by atoms with Crippen molar-refractivity contribution in [1.82, 2.24) is 0 Å². The minimum atomic E-state index is -0.681. The third-order valence-corrected chi connectivity index (χ3v) is 3.50. The second-order valence-electron chi connectivity index (χ2n) is 4.98. The molecule has 3 nitrogen and oxygen atoms in total. The molecular weight excluding hydrogens is 252 g/mol. The van der Waals surface area contributed by atoms with E-state index < -0.39 is 6.10 Å². The SMILES string of the molecule is OC(c1ccccc1)C(OC1COC1)c1ccccc1. The minimum absolute atomic E-state index is 0.0681. The van der Waals surface area contributed by atoms with E-state index in [9.17, 15) is 5.11 Å². The lowest BCUT2D eigenvalue weighted by molar-refractivity contribution is -0.178. The molecule has 2 aromatic rings. The second kappa shape index (κ2) is 6.18. The van der Waals surface area contributed by atoms with E-state index >= 15 is 0 Å². The Balaban J connectivity index is 1.84. The summed E-state index contributed by atoms with van der Waals surface area (Å²) in [5, 5.41) is 10.6. The lowest BCUT2D eigenvalue weighted by Crippen LogP contribution is -2.38. The van der Waals surface area contributed by atoms with E-state index in [1.807, 2.05) is 60.7 Å². The number of hydrogen-bond acceptors (Lipinski definition) is 3. The number of aliphatic hydroxyl groups excluding tert-OH is 1. The zero-order valence-electron chi connectivity index (χ0n) is 11.2. The van der Waals surface area contributed by atoms with Crippen LogP contribution >= 0.6 is 0 Å². The van der Waals surface area contributed by atoms with Crippen molar-refractivity contribution in [2.45, 2.75) is 18.3 Å². The Labute approximate surface area is 118 Å². The summed E-state index contributed by atoms with van der Waals surface area (Å²) in [5.41, 5.74) is 1.84. The topological polar surface area (TPSA) is 38.7 Å². The summed E-state index contributed by atoms with van der Waals surface area (Å²) in [6.45, 7) is 1.20. The van der Waals surface area contributed by atoms with Gasteiger partial charge in [-0.1, -0.05) is 60.7 Å². The molecule has 104 valence electrons. The molecule has 1 aliphatic rings. The van der Waals surface area contributed by atoms with Crippen LogP contribution in [0.5, 0.6) is 0 Å². The Bertz CT molecular complexity index is 522. The van der Waals surface area contributed by atoms with Gasteiger partial charge in [0.05, 0.1) is 13.2 Å². The summed E-state index contributed by atoms with van der Waals surface area (Å²) in [7, 11) is 0. The Morgan fingerprint density at radius 3 is 1.95 bits per heavy atom. The van der Waals surface area contributed by atoms with Gasteiger partial charge < -0.3 is 14.6 Å². The van der Waals surface area contributed by atoms with Crippen molar-refractivity contribution < 1.29 is 14.6 Å². The molecule has 20 heavy (non-hydrogen) atoms. The van der Waals surface area contributed by atoms with E-state index in [1.54, 1.807) is 0 Å². The largest absolute Gasteiger partial charge is 0.385 e. The van der Waals surface area contributed by atoms with Crippen molar-refractivity contribution >= 4 is 0 Å². The highest BCUT2D eigenvalue weighted by molar-refractivity contribution is 5.25. The van der Waals surface area contributed by atoms with E-state index in [4.69, 9.17) is 9.47 Å². The molecule has 0 amide bonds. The van der Waals surface area contributed by atoms with Crippen LogP contribution in [0.2, 0.25) is 0 Å². The fourth-order valence-corrected chi connectivity index (χ4v) is 2.30. The molecule has 0 saturated carbocycles. The maximum absolute atomic E-state index is 10.6. The summed E-state index contributed by atoms with van der Waals surface area (Å²) in [6, 6.07) is 19.5. The highest BCUT2D eigenvalue weighted by Gasteiger charge is 2.29. The first kappa shape index (κ1) is 13.3. The lowest BCUT2D eigenvalue weighted by Gasteiger charge is -2.33. The van der Waals surface area contributed by atoms with Gasteiger partial charge in [-0.05, 0) is 11.1 Å². The van der Waals surface area contributed by atoms with Crippen LogP contribution in [-0.2, 0) is 9.47 Å². The normalized spacial score (nSPS) is 18.2. The molecule has 2 atom stereocenters. The van der Waals surface area contributed by atoms with Gasteiger partial charge in [0.2, 0.25) is 0 Å². The number of ether oxygens (including phenoxy) is 2. The van der Waals surface area contributed by atoms with E-state index in [0.29, 0.717) is 13.2 Å². The van der Waals surface area contributed by atoms with Crippen LogP contribution in [0.15, 0.2) is 60.7 Å². The van der Waals surface area contributed by atoms with Gasteiger partial charge in [0.1, 0.15) is 18.3 Å². The monoisotopic (exact) mass is 270 g/mol. The molecule has 3 heteroatoms. The lowest BCUT2D eigenvalue weighted by atomic mass is 9.98. The van der Waals surface area contributed by atoms with Crippen LogP contribution < -0.4 is 0 Å². The minimum Gasteiger partial charge on any atom is -0.385 e. The van der Waals surface area contributed by atoms with Gasteiger partial charge in [0, 0.05) is 0 Å². The molecule has 0 spiro atoms. The van der Waals surface area contributed by atoms with Crippen LogP contribution in [-0.4, -0.2) is 24.4 Å². The van der Waals surface area contributed by atoms with E-state index in [0.717, 1.165) is 11.1 Å². The Kier molecular flexibility index (Phi) is 4.11. The second-order valence-corrected chi connectivity index (χ2v) is 4.98. The first-order chi connectivity index (χ1) is 9.84. The molecule has 0 aromatic heterocycles. The van der Waals surface area contributed by atoms with Gasteiger partial charge >= 0.3 is 0 Å². The standard InChI is InChI=1S/C17H18O3/c18-16(13-7-3-1-4-8-13)17(20-15-11-19-12-15)14-9-5-2-6-10-14/h1-10,15-18H,11-12H2. The first-order valence-electron chi connectivity index (χ1n) is 6.86. The molecule has 1 saturated heterocycles. The average molecular weight is 270 g/mol. The number of rotatable bonds is 5. The molecular formula is C17H18O3.